The third-order valence-electron chi connectivity index (χ3n) is 5.28. The maximum Gasteiger partial charge on any atom is 0.255 e. The van der Waals surface area contributed by atoms with Crippen LogP contribution >= 0.6 is 0 Å². The number of nitrogens with one attached hydrogen (secondary N) is 1. The van der Waals surface area contributed by atoms with Crippen LogP contribution in [0.4, 0.5) is 0 Å². The number of rotatable bonds is 4. The molecule has 24 heavy (non-hydrogen) atoms. The zero-order valence-corrected chi connectivity index (χ0v) is 14.9. The number of aryl methyl sites for hydroxylation is 1. The van der Waals surface area contributed by atoms with Crippen molar-refractivity contribution >= 4 is 5.91 Å². The average molecular weight is 325 g/mol. The Morgan fingerprint density at radius 1 is 1.17 bits per heavy atom. The van der Waals surface area contributed by atoms with Crippen LogP contribution in [0.25, 0.3) is 5.69 Å². The lowest BCUT2D eigenvalue weighted by Crippen LogP contribution is -2.38. The summed E-state index contributed by atoms with van der Waals surface area (Å²) in [5.41, 5.74) is 3.40. The van der Waals surface area contributed by atoms with Crippen LogP contribution in [0.3, 0.4) is 0 Å². The second kappa shape index (κ2) is 7.20. The van der Waals surface area contributed by atoms with Gasteiger partial charge >= 0.3 is 0 Å². The zero-order chi connectivity index (χ0) is 17.1. The second-order valence-electron chi connectivity index (χ2n) is 6.89. The van der Waals surface area contributed by atoms with Gasteiger partial charge in [0, 0.05) is 6.04 Å². The Labute approximate surface area is 144 Å². The number of hydrogen-bond acceptors (Lipinski definition) is 2. The van der Waals surface area contributed by atoms with Gasteiger partial charge in [-0.3, -0.25) is 4.79 Å². The molecule has 0 radical (unpaired) electrons. The molecule has 1 heterocycles. The molecular formula is C20H27N3O. The van der Waals surface area contributed by atoms with Crippen molar-refractivity contribution in [2.24, 2.45) is 5.92 Å². The summed E-state index contributed by atoms with van der Waals surface area (Å²) >= 11 is 0. The molecule has 1 aromatic heterocycles. The lowest BCUT2D eigenvalue weighted by atomic mass is 9.84. The van der Waals surface area contributed by atoms with Crippen LogP contribution in [-0.2, 0) is 0 Å². The van der Waals surface area contributed by atoms with E-state index in [0.29, 0.717) is 6.04 Å². The Kier molecular flexibility index (Phi) is 5.03. The van der Waals surface area contributed by atoms with Gasteiger partial charge < -0.3 is 5.32 Å². The number of hydrogen-bond donors (Lipinski definition) is 1. The van der Waals surface area contributed by atoms with Crippen molar-refractivity contribution in [2.75, 3.05) is 0 Å². The Bertz CT molecular complexity index is 697. The van der Waals surface area contributed by atoms with Gasteiger partial charge in [-0.25, -0.2) is 4.68 Å². The van der Waals surface area contributed by atoms with Gasteiger partial charge in [0.2, 0.25) is 0 Å². The van der Waals surface area contributed by atoms with Crippen LogP contribution in [0, 0.1) is 19.8 Å². The van der Waals surface area contributed by atoms with Crippen LogP contribution in [0.5, 0.6) is 0 Å². The van der Waals surface area contributed by atoms with E-state index < -0.39 is 0 Å². The quantitative estimate of drug-likeness (QED) is 0.916. The maximum absolute atomic E-state index is 12.8. The highest BCUT2D eigenvalue weighted by atomic mass is 16.1. The van der Waals surface area contributed by atoms with Crippen LogP contribution in [-0.4, -0.2) is 21.7 Å². The molecule has 1 aromatic carbocycles. The standard InChI is InChI=1S/C20H27N3O/c1-4-16-10-12-17(13-11-16)21-20(24)19-14(2)22-23(15(19)3)18-8-6-5-7-9-18/h5-9,16-17H,4,10-13H2,1-3H3,(H,21,24). The molecule has 3 rings (SSSR count). The SMILES string of the molecule is CCC1CCC(NC(=O)c2c(C)nn(-c3ccccc3)c2C)CC1. The summed E-state index contributed by atoms with van der Waals surface area (Å²) < 4.78 is 1.86. The smallest absolute Gasteiger partial charge is 0.255 e. The van der Waals surface area contributed by atoms with Gasteiger partial charge in [-0.1, -0.05) is 31.5 Å². The first-order valence-electron chi connectivity index (χ1n) is 9.02. The Morgan fingerprint density at radius 2 is 1.83 bits per heavy atom. The Morgan fingerprint density at radius 3 is 2.46 bits per heavy atom. The van der Waals surface area contributed by atoms with Gasteiger partial charge in [-0.15, -0.1) is 0 Å². The van der Waals surface area contributed by atoms with E-state index in [1.165, 1.54) is 19.3 Å². The second-order valence-corrected chi connectivity index (χ2v) is 6.89. The van der Waals surface area contributed by atoms with Crippen LogP contribution in [0.15, 0.2) is 30.3 Å². The van der Waals surface area contributed by atoms with Crippen molar-refractivity contribution < 1.29 is 4.79 Å². The summed E-state index contributed by atoms with van der Waals surface area (Å²) in [6.45, 7) is 6.14. The number of nitrogens with zero attached hydrogens (tertiary/aromatic N) is 2. The van der Waals surface area contributed by atoms with E-state index in [2.05, 4.69) is 17.3 Å². The molecule has 1 fully saturated rings. The van der Waals surface area contributed by atoms with Gasteiger partial charge in [0.25, 0.3) is 5.91 Å². The van der Waals surface area contributed by atoms with E-state index in [0.717, 1.165) is 41.4 Å². The highest BCUT2D eigenvalue weighted by Gasteiger charge is 2.25. The van der Waals surface area contributed by atoms with Crippen molar-refractivity contribution in [3.05, 3.63) is 47.3 Å². The summed E-state index contributed by atoms with van der Waals surface area (Å²) in [6, 6.07) is 10.3. The summed E-state index contributed by atoms with van der Waals surface area (Å²) in [5, 5.41) is 7.81. The molecule has 128 valence electrons. The van der Waals surface area contributed by atoms with E-state index >= 15 is 0 Å². The Hall–Kier alpha value is -2.10. The minimum absolute atomic E-state index is 0.0205. The number of aromatic nitrogens is 2. The summed E-state index contributed by atoms with van der Waals surface area (Å²) in [7, 11) is 0. The largest absolute Gasteiger partial charge is 0.349 e. The number of carbonyl (C=O) groups excluding carboxylic acids is 1. The van der Waals surface area contributed by atoms with Crippen LogP contribution < -0.4 is 5.32 Å². The minimum atomic E-state index is 0.0205. The van der Waals surface area contributed by atoms with Crippen LogP contribution in [0.2, 0.25) is 0 Å². The van der Waals surface area contributed by atoms with E-state index in [1.54, 1.807) is 0 Å². The molecule has 0 saturated heterocycles. The van der Waals surface area contributed by atoms with Crippen molar-refractivity contribution in [1.82, 2.24) is 15.1 Å². The van der Waals surface area contributed by atoms with Crippen LogP contribution in [0.1, 0.15) is 60.8 Å². The summed E-state index contributed by atoms with van der Waals surface area (Å²) in [6.07, 6.45) is 5.89. The molecule has 1 aliphatic rings. The normalized spacial score (nSPS) is 20.8. The molecule has 4 heteroatoms. The third-order valence-corrected chi connectivity index (χ3v) is 5.28. The van der Waals surface area contributed by atoms with Gasteiger partial charge in [-0.2, -0.15) is 5.10 Å². The highest BCUT2D eigenvalue weighted by Crippen LogP contribution is 2.27. The molecule has 1 saturated carbocycles. The minimum Gasteiger partial charge on any atom is -0.349 e. The fraction of sp³-hybridized carbons (Fsp3) is 0.500. The van der Waals surface area contributed by atoms with Gasteiger partial charge in [0.1, 0.15) is 0 Å². The third kappa shape index (κ3) is 3.37. The predicted molar refractivity (Wildman–Crippen MR) is 96.5 cm³/mol. The first kappa shape index (κ1) is 16.7. The first-order valence-corrected chi connectivity index (χ1v) is 9.02. The van der Waals surface area contributed by atoms with Gasteiger partial charge in [0.05, 0.1) is 22.6 Å². The molecular weight excluding hydrogens is 298 g/mol. The van der Waals surface area contributed by atoms with Crippen molar-refractivity contribution in [1.29, 1.82) is 0 Å². The van der Waals surface area contributed by atoms with E-state index in [4.69, 9.17) is 0 Å². The van der Waals surface area contributed by atoms with E-state index in [1.807, 2.05) is 48.9 Å². The molecule has 4 nitrogen and oxygen atoms in total. The molecule has 0 atom stereocenters. The average Bonchev–Trinajstić information content (AvgIpc) is 2.91. The fourth-order valence-corrected chi connectivity index (χ4v) is 3.76. The number of para-hydroxylation sites is 1. The molecule has 1 aliphatic carbocycles. The van der Waals surface area contributed by atoms with Crippen molar-refractivity contribution in [3.63, 3.8) is 0 Å². The maximum atomic E-state index is 12.8. The number of amides is 1. The van der Waals surface area contributed by atoms with Crippen molar-refractivity contribution in [3.8, 4) is 5.69 Å². The molecule has 1 amide bonds. The molecule has 0 unspecified atom stereocenters. The predicted octanol–water partition coefficient (Wildman–Crippen LogP) is 4.19. The molecule has 0 bridgehead atoms. The Balaban J connectivity index is 1.75. The lowest BCUT2D eigenvalue weighted by molar-refractivity contribution is 0.0920. The summed E-state index contributed by atoms with van der Waals surface area (Å²) in [5.74, 6) is 0.856. The molecule has 0 aliphatic heterocycles. The molecule has 0 spiro atoms. The van der Waals surface area contributed by atoms with Gasteiger partial charge in [0.15, 0.2) is 0 Å². The molecule has 2 aromatic rings. The fourth-order valence-electron chi connectivity index (χ4n) is 3.76. The van der Waals surface area contributed by atoms with E-state index in [-0.39, 0.29) is 5.91 Å². The molecule has 1 N–H and O–H groups in total. The number of carbonyl (C=O) groups is 1. The van der Waals surface area contributed by atoms with Gasteiger partial charge in [-0.05, 0) is 57.6 Å². The topological polar surface area (TPSA) is 46.9 Å². The van der Waals surface area contributed by atoms with E-state index in [9.17, 15) is 4.79 Å². The zero-order valence-electron chi connectivity index (χ0n) is 14.9. The number of benzene rings is 1. The van der Waals surface area contributed by atoms with Crippen molar-refractivity contribution in [2.45, 2.75) is 58.9 Å². The highest BCUT2D eigenvalue weighted by molar-refractivity contribution is 5.96. The summed E-state index contributed by atoms with van der Waals surface area (Å²) in [4.78, 5) is 12.8. The first-order chi connectivity index (χ1) is 11.6. The lowest BCUT2D eigenvalue weighted by Gasteiger charge is -2.28. The monoisotopic (exact) mass is 325 g/mol.